The lowest BCUT2D eigenvalue weighted by atomic mass is 10.1. The number of hydrogen-bond donors (Lipinski definition) is 2. The molecule has 4 nitrogen and oxygen atoms in total. The molecule has 0 aliphatic heterocycles. The van der Waals surface area contributed by atoms with Gasteiger partial charge in [0.05, 0.1) is 13.2 Å². The zero-order valence-electron chi connectivity index (χ0n) is 16.3. The third-order valence-electron chi connectivity index (χ3n) is 4.45. The van der Waals surface area contributed by atoms with Gasteiger partial charge in [-0.05, 0) is 75.4 Å². The Morgan fingerprint density at radius 1 is 0.741 bits per heavy atom. The summed E-state index contributed by atoms with van der Waals surface area (Å²) in [6.07, 6.45) is 2.03. The monoisotopic (exact) mass is 386 g/mol. The van der Waals surface area contributed by atoms with Crippen molar-refractivity contribution in [3.63, 3.8) is 0 Å². The van der Waals surface area contributed by atoms with Crippen LogP contribution in [0.3, 0.4) is 0 Å². The fraction of sp³-hybridized carbons (Fsp3) is 0.455. The molecule has 146 valence electrons. The minimum atomic E-state index is 0.737. The number of nitrogens with one attached hydrogen (secondary N) is 2. The average Bonchev–Trinajstić information content (AvgIpc) is 3.05. The van der Waals surface area contributed by atoms with Crippen molar-refractivity contribution in [3.8, 4) is 11.5 Å². The number of benzene rings is 2. The quantitative estimate of drug-likeness (QED) is 0.438. The van der Waals surface area contributed by atoms with Crippen LogP contribution in [-0.2, 0) is 0 Å². The molecular weight excluding hydrogens is 356 g/mol. The van der Waals surface area contributed by atoms with E-state index >= 15 is 0 Å². The van der Waals surface area contributed by atoms with E-state index in [1.54, 1.807) is 0 Å². The fourth-order valence-electron chi connectivity index (χ4n) is 3.04. The molecule has 1 heterocycles. The summed E-state index contributed by atoms with van der Waals surface area (Å²) in [5, 5.41) is 9.14. The van der Waals surface area contributed by atoms with Gasteiger partial charge in [-0.2, -0.15) is 0 Å². The minimum Gasteiger partial charge on any atom is -0.494 e. The van der Waals surface area contributed by atoms with Crippen LogP contribution in [0.25, 0.3) is 20.2 Å². The number of rotatable bonds is 12. The highest BCUT2D eigenvalue weighted by Crippen LogP contribution is 2.37. The molecular formula is C22H30N2O2S. The van der Waals surface area contributed by atoms with Crippen molar-refractivity contribution in [3.05, 3.63) is 36.4 Å². The number of ether oxygens (including phenoxy) is 2. The number of thiophene rings is 1. The highest BCUT2D eigenvalue weighted by atomic mass is 32.1. The van der Waals surface area contributed by atoms with Crippen LogP contribution in [0.15, 0.2) is 36.4 Å². The molecule has 5 heteroatoms. The van der Waals surface area contributed by atoms with Crippen LogP contribution < -0.4 is 20.1 Å². The molecule has 0 unspecified atom stereocenters. The lowest BCUT2D eigenvalue weighted by Gasteiger charge is -2.07. The van der Waals surface area contributed by atoms with E-state index in [1.807, 2.05) is 11.3 Å². The third-order valence-corrected chi connectivity index (χ3v) is 5.60. The summed E-state index contributed by atoms with van der Waals surface area (Å²) in [7, 11) is 0. The predicted molar refractivity (Wildman–Crippen MR) is 117 cm³/mol. The fourth-order valence-corrected chi connectivity index (χ4v) is 4.11. The van der Waals surface area contributed by atoms with E-state index in [2.05, 4.69) is 60.9 Å². The number of fused-ring (bicyclic) bond motifs is 3. The molecule has 0 amide bonds. The molecule has 0 aliphatic carbocycles. The van der Waals surface area contributed by atoms with Gasteiger partial charge in [0.15, 0.2) is 0 Å². The predicted octanol–water partition coefficient (Wildman–Crippen LogP) is 4.81. The second kappa shape index (κ2) is 10.5. The van der Waals surface area contributed by atoms with E-state index in [0.29, 0.717) is 0 Å². The SMILES string of the molecule is CCNCCCOc1ccc2sc3ccc(OCCCNCC)cc3c2c1. The van der Waals surface area contributed by atoms with E-state index in [9.17, 15) is 0 Å². The Morgan fingerprint density at radius 3 is 1.67 bits per heavy atom. The molecule has 3 aromatic rings. The first-order valence-corrected chi connectivity index (χ1v) is 10.8. The topological polar surface area (TPSA) is 42.5 Å². The Hall–Kier alpha value is -1.82. The van der Waals surface area contributed by atoms with Crippen LogP contribution in [-0.4, -0.2) is 39.4 Å². The van der Waals surface area contributed by atoms with Gasteiger partial charge in [0.25, 0.3) is 0 Å². The zero-order chi connectivity index (χ0) is 18.9. The maximum Gasteiger partial charge on any atom is 0.120 e. The molecule has 2 aromatic carbocycles. The Bertz CT molecular complexity index is 779. The van der Waals surface area contributed by atoms with Crippen molar-refractivity contribution < 1.29 is 9.47 Å². The largest absolute Gasteiger partial charge is 0.494 e. The molecule has 0 spiro atoms. The molecule has 1 aromatic heterocycles. The molecule has 0 atom stereocenters. The first kappa shape index (κ1) is 19.9. The summed E-state index contributed by atoms with van der Waals surface area (Å²) in [4.78, 5) is 0. The van der Waals surface area contributed by atoms with E-state index < -0.39 is 0 Å². The molecule has 0 radical (unpaired) electrons. The van der Waals surface area contributed by atoms with Crippen LogP contribution in [0.4, 0.5) is 0 Å². The molecule has 2 N–H and O–H groups in total. The second-order valence-electron chi connectivity index (χ2n) is 6.53. The van der Waals surface area contributed by atoms with E-state index in [1.165, 1.54) is 20.2 Å². The van der Waals surface area contributed by atoms with E-state index in [4.69, 9.17) is 9.47 Å². The molecule has 0 saturated carbocycles. The standard InChI is InChI=1S/C22H30N2O2S/c1-3-23-11-5-13-25-17-7-9-21-19(15-17)20-16-18(8-10-22(20)27-21)26-14-6-12-24-4-2/h7-10,15-16,23-24H,3-6,11-14H2,1-2H3. The van der Waals surface area contributed by atoms with E-state index in [-0.39, 0.29) is 0 Å². The van der Waals surface area contributed by atoms with Gasteiger partial charge in [0.1, 0.15) is 11.5 Å². The van der Waals surface area contributed by atoms with Gasteiger partial charge >= 0.3 is 0 Å². The number of hydrogen-bond acceptors (Lipinski definition) is 5. The van der Waals surface area contributed by atoms with Crippen LogP contribution >= 0.6 is 11.3 Å². The molecule has 0 saturated heterocycles. The Balaban J connectivity index is 1.68. The first-order chi connectivity index (χ1) is 13.3. The van der Waals surface area contributed by atoms with Gasteiger partial charge in [-0.25, -0.2) is 0 Å². The Labute approximate surface area is 165 Å². The van der Waals surface area contributed by atoms with Crippen molar-refractivity contribution in [1.29, 1.82) is 0 Å². The van der Waals surface area contributed by atoms with Crippen molar-refractivity contribution in [1.82, 2.24) is 10.6 Å². The summed E-state index contributed by atoms with van der Waals surface area (Å²) in [6.45, 7) is 9.72. The lowest BCUT2D eigenvalue weighted by Crippen LogP contribution is -2.16. The van der Waals surface area contributed by atoms with Crippen LogP contribution in [0, 0.1) is 0 Å². The summed E-state index contributed by atoms with van der Waals surface area (Å²) >= 11 is 1.82. The molecule has 0 bridgehead atoms. The Kier molecular flexibility index (Phi) is 7.75. The molecule has 3 rings (SSSR count). The highest BCUT2D eigenvalue weighted by Gasteiger charge is 2.08. The van der Waals surface area contributed by atoms with Gasteiger partial charge < -0.3 is 20.1 Å². The maximum absolute atomic E-state index is 5.94. The van der Waals surface area contributed by atoms with Crippen molar-refractivity contribution in [2.75, 3.05) is 39.4 Å². The van der Waals surface area contributed by atoms with E-state index in [0.717, 1.165) is 63.7 Å². The van der Waals surface area contributed by atoms with Crippen molar-refractivity contribution in [2.24, 2.45) is 0 Å². The normalized spacial score (nSPS) is 11.3. The van der Waals surface area contributed by atoms with Crippen LogP contribution in [0.5, 0.6) is 11.5 Å². The molecule has 27 heavy (non-hydrogen) atoms. The van der Waals surface area contributed by atoms with Crippen LogP contribution in [0.2, 0.25) is 0 Å². The highest BCUT2D eigenvalue weighted by molar-refractivity contribution is 7.25. The smallest absolute Gasteiger partial charge is 0.120 e. The van der Waals surface area contributed by atoms with Crippen LogP contribution in [0.1, 0.15) is 26.7 Å². The van der Waals surface area contributed by atoms with Gasteiger partial charge in [-0.1, -0.05) is 13.8 Å². The molecule has 0 fully saturated rings. The third kappa shape index (κ3) is 5.58. The first-order valence-electron chi connectivity index (χ1n) is 9.95. The summed E-state index contributed by atoms with van der Waals surface area (Å²) < 4.78 is 14.4. The lowest BCUT2D eigenvalue weighted by molar-refractivity contribution is 0.309. The Morgan fingerprint density at radius 2 is 1.22 bits per heavy atom. The van der Waals surface area contributed by atoms with Crippen molar-refractivity contribution >= 4 is 31.5 Å². The maximum atomic E-state index is 5.94. The summed E-state index contributed by atoms with van der Waals surface area (Å²) in [5.74, 6) is 1.88. The average molecular weight is 387 g/mol. The van der Waals surface area contributed by atoms with Gasteiger partial charge in [-0.3, -0.25) is 0 Å². The summed E-state index contributed by atoms with van der Waals surface area (Å²) in [5.41, 5.74) is 0. The minimum absolute atomic E-state index is 0.737. The summed E-state index contributed by atoms with van der Waals surface area (Å²) in [6, 6.07) is 12.8. The zero-order valence-corrected chi connectivity index (χ0v) is 17.2. The van der Waals surface area contributed by atoms with Gasteiger partial charge in [0, 0.05) is 20.2 Å². The van der Waals surface area contributed by atoms with Crippen molar-refractivity contribution in [2.45, 2.75) is 26.7 Å². The molecule has 0 aliphatic rings. The van der Waals surface area contributed by atoms with Gasteiger partial charge in [-0.15, -0.1) is 11.3 Å². The second-order valence-corrected chi connectivity index (χ2v) is 7.61. The van der Waals surface area contributed by atoms with Gasteiger partial charge in [0.2, 0.25) is 0 Å².